The summed E-state index contributed by atoms with van der Waals surface area (Å²) in [6.45, 7) is 1.10. The summed E-state index contributed by atoms with van der Waals surface area (Å²) in [4.78, 5) is 24.2. The van der Waals surface area contributed by atoms with E-state index in [9.17, 15) is 9.59 Å². The smallest absolute Gasteiger partial charge is 0.319 e. The molecule has 2 aliphatic rings. The van der Waals surface area contributed by atoms with Gasteiger partial charge in [0, 0.05) is 19.0 Å². The highest BCUT2D eigenvalue weighted by atomic mass is 16.5. The van der Waals surface area contributed by atoms with Crippen molar-refractivity contribution in [2.45, 2.75) is 31.4 Å². The molecule has 0 aromatic heterocycles. The van der Waals surface area contributed by atoms with Crippen molar-refractivity contribution in [3.05, 3.63) is 0 Å². The number of likely N-dealkylation sites (tertiary alicyclic amines) is 1. The Morgan fingerprint density at radius 2 is 2.40 bits per heavy atom. The molecular formula is C10H15NO4. The quantitative estimate of drug-likeness (QED) is 0.601. The van der Waals surface area contributed by atoms with Gasteiger partial charge >= 0.3 is 11.9 Å². The van der Waals surface area contributed by atoms with Crippen LogP contribution >= 0.6 is 0 Å². The summed E-state index contributed by atoms with van der Waals surface area (Å²) in [5, 5.41) is 0. The number of ether oxygens (including phenoxy) is 2. The van der Waals surface area contributed by atoms with Gasteiger partial charge in [0.15, 0.2) is 0 Å². The van der Waals surface area contributed by atoms with Gasteiger partial charge in [-0.15, -0.1) is 0 Å². The Bertz CT molecular complexity index is 279. The lowest BCUT2D eigenvalue weighted by atomic mass is 10.0. The van der Waals surface area contributed by atoms with E-state index < -0.39 is 0 Å². The van der Waals surface area contributed by atoms with Crippen LogP contribution in [0.25, 0.3) is 0 Å². The number of methoxy groups -OCH3 is 1. The van der Waals surface area contributed by atoms with Gasteiger partial charge in [0.1, 0.15) is 6.10 Å². The SMILES string of the molecule is COC(=O)CN1CC[C@H]2OC(=O)CC[C@H]21. The lowest BCUT2D eigenvalue weighted by Crippen LogP contribution is -2.43. The van der Waals surface area contributed by atoms with Crippen LogP contribution in [0.2, 0.25) is 0 Å². The van der Waals surface area contributed by atoms with Crippen LogP contribution in [0.15, 0.2) is 0 Å². The largest absolute Gasteiger partial charge is 0.468 e. The third-order valence-corrected chi connectivity index (χ3v) is 3.09. The second-order valence-corrected chi connectivity index (χ2v) is 3.97. The maximum absolute atomic E-state index is 11.1. The molecule has 0 aliphatic carbocycles. The fourth-order valence-corrected chi connectivity index (χ4v) is 2.31. The van der Waals surface area contributed by atoms with E-state index in [0.717, 1.165) is 19.4 Å². The molecular weight excluding hydrogens is 198 g/mol. The lowest BCUT2D eigenvalue weighted by molar-refractivity contribution is -0.156. The number of carbonyl (C=O) groups is 2. The van der Waals surface area contributed by atoms with Crippen molar-refractivity contribution < 1.29 is 19.1 Å². The van der Waals surface area contributed by atoms with E-state index in [1.807, 2.05) is 4.90 Å². The van der Waals surface area contributed by atoms with Crippen LogP contribution in [0, 0.1) is 0 Å². The van der Waals surface area contributed by atoms with Gasteiger partial charge in [0.2, 0.25) is 0 Å². The monoisotopic (exact) mass is 213 g/mol. The molecule has 0 spiro atoms. The average molecular weight is 213 g/mol. The number of carbonyl (C=O) groups excluding carboxylic acids is 2. The molecule has 2 aliphatic heterocycles. The molecule has 2 fully saturated rings. The Kier molecular flexibility index (Phi) is 2.90. The second kappa shape index (κ2) is 4.18. The molecule has 84 valence electrons. The van der Waals surface area contributed by atoms with Crippen LogP contribution in [0.4, 0.5) is 0 Å². The number of fused-ring (bicyclic) bond motifs is 1. The molecule has 2 heterocycles. The van der Waals surface area contributed by atoms with Gasteiger partial charge in [-0.3, -0.25) is 14.5 Å². The highest BCUT2D eigenvalue weighted by Crippen LogP contribution is 2.28. The minimum Gasteiger partial charge on any atom is -0.468 e. The highest BCUT2D eigenvalue weighted by molar-refractivity contribution is 5.72. The van der Waals surface area contributed by atoms with E-state index in [0.29, 0.717) is 13.0 Å². The summed E-state index contributed by atoms with van der Waals surface area (Å²) >= 11 is 0. The highest BCUT2D eigenvalue weighted by Gasteiger charge is 2.40. The van der Waals surface area contributed by atoms with Crippen molar-refractivity contribution in [1.82, 2.24) is 4.90 Å². The fraction of sp³-hybridized carbons (Fsp3) is 0.800. The van der Waals surface area contributed by atoms with Crippen molar-refractivity contribution in [2.24, 2.45) is 0 Å². The first-order chi connectivity index (χ1) is 7.20. The molecule has 0 bridgehead atoms. The molecule has 2 atom stereocenters. The van der Waals surface area contributed by atoms with E-state index in [-0.39, 0.29) is 24.1 Å². The van der Waals surface area contributed by atoms with Crippen LogP contribution in [-0.4, -0.2) is 49.2 Å². The first-order valence-corrected chi connectivity index (χ1v) is 5.21. The first kappa shape index (κ1) is 10.4. The lowest BCUT2D eigenvalue weighted by Gasteiger charge is -2.30. The van der Waals surface area contributed by atoms with Crippen LogP contribution in [0.3, 0.4) is 0 Å². The minimum atomic E-state index is -0.229. The Morgan fingerprint density at radius 3 is 3.13 bits per heavy atom. The third-order valence-electron chi connectivity index (χ3n) is 3.09. The van der Waals surface area contributed by atoms with E-state index in [1.54, 1.807) is 0 Å². The van der Waals surface area contributed by atoms with E-state index >= 15 is 0 Å². The van der Waals surface area contributed by atoms with Crippen LogP contribution < -0.4 is 0 Å². The van der Waals surface area contributed by atoms with Crippen LogP contribution in [0.1, 0.15) is 19.3 Å². The van der Waals surface area contributed by atoms with Crippen LogP contribution in [-0.2, 0) is 19.1 Å². The summed E-state index contributed by atoms with van der Waals surface area (Å²) in [7, 11) is 1.39. The molecule has 0 amide bonds. The molecule has 2 saturated heterocycles. The molecule has 0 radical (unpaired) electrons. The summed E-state index contributed by atoms with van der Waals surface area (Å²) < 4.78 is 9.85. The van der Waals surface area contributed by atoms with Gasteiger partial charge in [-0.2, -0.15) is 0 Å². The van der Waals surface area contributed by atoms with Gasteiger partial charge in [0.05, 0.1) is 13.7 Å². The summed E-state index contributed by atoms with van der Waals surface area (Å²) in [5.41, 5.74) is 0. The van der Waals surface area contributed by atoms with Gasteiger partial charge in [-0.05, 0) is 12.8 Å². The predicted octanol–water partition coefficient (Wildman–Crippen LogP) is -0.0607. The Labute approximate surface area is 88.3 Å². The van der Waals surface area contributed by atoms with Crippen molar-refractivity contribution in [2.75, 3.05) is 20.2 Å². The molecule has 0 unspecified atom stereocenters. The van der Waals surface area contributed by atoms with Gasteiger partial charge in [-0.25, -0.2) is 0 Å². The summed E-state index contributed by atoms with van der Waals surface area (Å²) in [6.07, 6.45) is 2.06. The zero-order valence-corrected chi connectivity index (χ0v) is 8.77. The topological polar surface area (TPSA) is 55.8 Å². The molecule has 0 N–H and O–H groups in total. The molecule has 5 nitrogen and oxygen atoms in total. The third kappa shape index (κ3) is 2.12. The van der Waals surface area contributed by atoms with Crippen LogP contribution in [0.5, 0.6) is 0 Å². The number of hydrogen-bond acceptors (Lipinski definition) is 5. The number of hydrogen-bond donors (Lipinski definition) is 0. The van der Waals surface area contributed by atoms with E-state index in [2.05, 4.69) is 4.74 Å². The first-order valence-electron chi connectivity index (χ1n) is 5.21. The predicted molar refractivity (Wildman–Crippen MR) is 51.1 cm³/mol. The van der Waals surface area contributed by atoms with E-state index in [4.69, 9.17) is 4.74 Å². The van der Waals surface area contributed by atoms with Gasteiger partial charge in [0.25, 0.3) is 0 Å². The minimum absolute atomic E-state index is 0.0177. The molecule has 0 aromatic carbocycles. The molecule has 0 aromatic rings. The Balaban J connectivity index is 1.94. The Hall–Kier alpha value is -1.10. The second-order valence-electron chi connectivity index (χ2n) is 3.97. The van der Waals surface area contributed by atoms with Gasteiger partial charge in [-0.1, -0.05) is 0 Å². The fourth-order valence-electron chi connectivity index (χ4n) is 2.31. The molecule has 0 saturated carbocycles. The van der Waals surface area contributed by atoms with Crippen molar-refractivity contribution in [3.8, 4) is 0 Å². The summed E-state index contributed by atoms with van der Waals surface area (Å²) in [6, 6.07) is 0.210. The van der Waals surface area contributed by atoms with Crippen molar-refractivity contribution in [1.29, 1.82) is 0 Å². The number of esters is 2. The van der Waals surface area contributed by atoms with Crippen molar-refractivity contribution in [3.63, 3.8) is 0 Å². The van der Waals surface area contributed by atoms with Gasteiger partial charge < -0.3 is 9.47 Å². The molecule has 15 heavy (non-hydrogen) atoms. The van der Waals surface area contributed by atoms with E-state index in [1.165, 1.54) is 7.11 Å². The normalized spacial score (nSPS) is 30.9. The zero-order chi connectivity index (χ0) is 10.8. The molecule has 2 rings (SSSR count). The zero-order valence-electron chi connectivity index (χ0n) is 8.77. The standard InChI is InChI=1S/C10H15NO4/c1-14-10(13)6-11-5-4-8-7(11)2-3-9(12)15-8/h7-8H,2-6H2,1H3/t7-,8-/m1/s1. The summed E-state index contributed by atoms with van der Waals surface area (Å²) in [5.74, 6) is -0.344. The number of rotatable bonds is 2. The average Bonchev–Trinajstić information content (AvgIpc) is 2.60. The Morgan fingerprint density at radius 1 is 1.60 bits per heavy atom. The van der Waals surface area contributed by atoms with Crippen molar-refractivity contribution >= 4 is 11.9 Å². The maximum atomic E-state index is 11.1. The maximum Gasteiger partial charge on any atom is 0.319 e. The number of nitrogens with zero attached hydrogens (tertiary/aromatic N) is 1. The molecule has 5 heteroatoms.